The van der Waals surface area contributed by atoms with Gasteiger partial charge in [0.25, 0.3) is 0 Å². The summed E-state index contributed by atoms with van der Waals surface area (Å²) in [6.07, 6.45) is -2.40. The van der Waals surface area contributed by atoms with Crippen molar-refractivity contribution in [1.82, 2.24) is 0 Å². The van der Waals surface area contributed by atoms with Crippen LogP contribution in [-0.2, 0) is 25.7 Å². The fraction of sp³-hybridized carbons (Fsp3) is 0.333. The van der Waals surface area contributed by atoms with Crippen LogP contribution in [0.2, 0.25) is 0 Å². The maximum Gasteiger partial charge on any atom is 0.336 e. The number of phenols is 1. The molecule has 176 valence electrons. The molecule has 1 fully saturated rings. The lowest BCUT2D eigenvalue weighted by Gasteiger charge is -2.41. The fourth-order valence-corrected chi connectivity index (χ4v) is 3.62. The number of aliphatic hydroxyl groups is 2. The van der Waals surface area contributed by atoms with E-state index in [1.807, 2.05) is 0 Å². The van der Waals surface area contributed by atoms with Crippen LogP contribution in [0.5, 0.6) is 11.5 Å². The predicted octanol–water partition coefficient (Wildman–Crippen LogP) is 1.88. The number of carbonyl (C=O) groups excluding carboxylic acids is 1. The van der Waals surface area contributed by atoms with Gasteiger partial charge >= 0.3 is 11.9 Å². The SMILES string of the molecule is COc1cccc(CO[C@@]2(C(=O)O)C[C@@H](O)[C@@H](O)[C@H](OC(=O)/C=C/c3ccc(O)cc3)C2)c1. The van der Waals surface area contributed by atoms with Crippen LogP contribution in [0.15, 0.2) is 54.6 Å². The Labute approximate surface area is 190 Å². The minimum absolute atomic E-state index is 0.0769. The molecule has 0 unspecified atom stereocenters. The van der Waals surface area contributed by atoms with Crippen LogP contribution in [0.4, 0.5) is 0 Å². The zero-order chi connectivity index (χ0) is 24.0. The third kappa shape index (κ3) is 6.10. The molecule has 4 atom stereocenters. The van der Waals surface area contributed by atoms with Crippen LogP contribution >= 0.6 is 0 Å². The number of carboxylic acid groups (broad SMARTS) is 1. The van der Waals surface area contributed by atoms with Crippen molar-refractivity contribution in [1.29, 1.82) is 0 Å². The molecule has 9 nitrogen and oxygen atoms in total. The van der Waals surface area contributed by atoms with E-state index in [0.717, 1.165) is 6.08 Å². The van der Waals surface area contributed by atoms with Crippen molar-refractivity contribution in [3.63, 3.8) is 0 Å². The average Bonchev–Trinajstić information content (AvgIpc) is 2.80. The molecule has 1 saturated carbocycles. The Hall–Kier alpha value is -3.40. The van der Waals surface area contributed by atoms with E-state index in [0.29, 0.717) is 16.9 Å². The summed E-state index contributed by atoms with van der Waals surface area (Å²) < 4.78 is 16.1. The summed E-state index contributed by atoms with van der Waals surface area (Å²) in [5, 5.41) is 39.8. The number of ether oxygens (including phenoxy) is 3. The molecule has 2 aromatic carbocycles. The normalized spacial score (nSPS) is 25.0. The summed E-state index contributed by atoms with van der Waals surface area (Å²) in [6, 6.07) is 13.0. The molecule has 4 N–H and O–H groups in total. The van der Waals surface area contributed by atoms with Gasteiger partial charge in [0.1, 0.15) is 23.7 Å². The van der Waals surface area contributed by atoms with E-state index in [4.69, 9.17) is 14.2 Å². The Bertz CT molecular complexity index is 1000. The highest BCUT2D eigenvalue weighted by Crippen LogP contribution is 2.35. The van der Waals surface area contributed by atoms with Crippen molar-refractivity contribution >= 4 is 18.0 Å². The first-order valence-electron chi connectivity index (χ1n) is 10.3. The summed E-state index contributed by atoms with van der Waals surface area (Å²) in [5.74, 6) is -1.51. The summed E-state index contributed by atoms with van der Waals surface area (Å²) in [7, 11) is 1.51. The second-order valence-electron chi connectivity index (χ2n) is 7.81. The molecule has 0 bridgehead atoms. The molecule has 3 rings (SSSR count). The van der Waals surface area contributed by atoms with Crippen LogP contribution < -0.4 is 4.74 Å². The van der Waals surface area contributed by atoms with Gasteiger partial charge in [-0.2, -0.15) is 0 Å². The lowest BCUT2D eigenvalue weighted by Crippen LogP contribution is -2.58. The fourth-order valence-electron chi connectivity index (χ4n) is 3.62. The van der Waals surface area contributed by atoms with E-state index in [9.17, 15) is 30.0 Å². The number of methoxy groups -OCH3 is 1. The third-order valence-corrected chi connectivity index (χ3v) is 5.46. The summed E-state index contributed by atoms with van der Waals surface area (Å²) in [4.78, 5) is 24.4. The Kier molecular flexibility index (Phi) is 7.70. The minimum Gasteiger partial charge on any atom is -0.508 e. The molecule has 0 aromatic heterocycles. The molecule has 0 saturated heterocycles. The number of rotatable bonds is 8. The predicted molar refractivity (Wildman–Crippen MR) is 116 cm³/mol. The van der Waals surface area contributed by atoms with Gasteiger partial charge in [0.15, 0.2) is 5.60 Å². The number of hydrogen-bond donors (Lipinski definition) is 4. The Morgan fingerprint density at radius 3 is 2.52 bits per heavy atom. The van der Waals surface area contributed by atoms with Gasteiger partial charge in [-0.1, -0.05) is 24.3 Å². The summed E-state index contributed by atoms with van der Waals surface area (Å²) in [5.41, 5.74) is -0.593. The van der Waals surface area contributed by atoms with Crippen LogP contribution in [-0.4, -0.2) is 63.4 Å². The molecule has 0 heterocycles. The molecule has 0 radical (unpaired) electrons. The first-order valence-corrected chi connectivity index (χ1v) is 10.3. The maximum absolute atomic E-state index is 12.3. The lowest BCUT2D eigenvalue weighted by molar-refractivity contribution is -0.209. The van der Waals surface area contributed by atoms with E-state index in [1.165, 1.54) is 25.3 Å². The van der Waals surface area contributed by atoms with Crippen molar-refractivity contribution in [2.24, 2.45) is 0 Å². The standard InChI is InChI=1S/C24H26O9/c1-31-18-4-2-3-16(11-18)14-32-24(23(29)30)12-19(26)22(28)20(13-24)33-21(27)10-7-15-5-8-17(25)9-6-15/h2-11,19-20,22,25-26,28H,12-14H2,1H3,(H,29,30)/b10-7+/t19-,20-,22-,24+/m1/s1. The second kappa shape index (κ2) is 10.5. The van der Waals surface area contributed by atoms with Gasteiger partial charge in [-0.05, 0) is 41.5 Å². The van der Waals surface area contributed by atoms with E-state index in [1.54, 1.807) is 36.4 Å². The largest absolute Gasteiger partial charge is 0.508 e. The number of aliphatic carboxylic acids is 1. The van der Waals surface area contributed by atoms with E-state index in [2.05, 4.69) is 0 Å². The third-order valence-electron chi connectivity index (χ3n) is 5.46. The van der Waals surface area contributed by atoms with Crippen molar-refractivity contribution in [2.45, 2.75) is 43.4 Å². The maximum atomic E-state index is 12.3. The van der Waals surface area contributed by atoms with Gasteiger partial charge in [0.2, 0.25) is 0 Å². The van der Waals surface area contributed by atoms with Crippen LogP contribution in [0.3, 0.4) is 0 Å². The monoisotopic (exact) mass is 458 g/mol. The van der Waals surface area contributed by atoms with Gasteiger partial charge < -0.3 is 34.6 Å². The zero-order valence-corrected chi connectivity index (χ0v) is 18.0. The van der Waals surface area contributed by atoms with E-state index < -0.39 is 35.9 Å². The van der Waals surface area contributed by atoms with Gasteiger partial charge in [0.05, 0.1) is 19.8 Å². The van der Waals surface area contributed by atoms with Gasteiger partial charge in [-0.25, -0.2) is 9.59 Å². The zero-order valence-electron chi connectivity index (χ0n) is 18.0. The number of aromatic hydroxyl groups is 1. The minimum atomic E-state index is -1.87. The average molecular weight is 458 g/mol. The van der Waals surface area contributed by atoms with Gasteiger partial charge in [-0.15, -0.1) is 0 Å². The van der Waals surface area contributed by atoms with Gasteiger partial charge in [0, 0.05) is 18.9 Å². The molecule has 0 spiro atoms. The number of aliphatic hydroxyl groups excluding tert-OH is 2. The molecule has 2 aromatic rings. The van der Waals surface area contributed by atoms with E-state index >= 15 is 0 Å². The van der Waals surface area contributed by atoms with Crippen LogP contribution in [0.1, 0.15) is 24.0 Å². The molecule has 0 amide bonds. The Balaban J connectivity index is 1.71. The molecular formula is C24H26O9. The van der Waals surface area contributed by atoms with Crippen LogP contribution in [0, 0.1) is 0 Å². The first-order chi connectivity index (χ1) is 15.7. The number of hydrogen-bond acceptors (Lipinski definition) is 8. The van der Waals surface area contributed by atoms with Crippen molar-refractivity contribution in [2.75, 3.05) is 7.11 Å². The molecule has 1 aliphatic carbocycles. The number of carbonyl (C=O) groups is 2. The number of carboxylic acids is 1. The first kappa shape index (κ1) is 24.2. The van der Waals surface area contributed by atoms with Crippen LogP contribution in [0.25, 0.3) is 6.08 Å². The van der Waals surface area contributed by atoms with E-state index in [-0.39, 0.29) is 25.2 Å². The topological polar surface area (TPSA) is 143 Å². The smallest absolute Gasteiger partial charge is 0.336 e. The highest BCUT2D eigenvalue weighted by atomic mass is 16.6. The van der Waals surface area contributed by atoms with Crippen molar-refractivity contribution < 1.29 is 44.2 Å². The summed E-state index contributed by atoms with van der Waals surface area (Å²) >= 11 is 0. The van der Waals surface area contributed by atoms with Gasteiger partial charge in [-0.3, -0.25) is 0 Å². The highest BCUT2D eigenvalue weighted by molar-refractivity contribution is 5.87. The Morgan fingerprint density at radius 1 is 1.12 bits per heavy atom. The molecular weight excluding hydrogens is 432 g/mol. The Morgan fingerprint density at radius 2 is 1.85 bits per heavy atom. The molecule has 9 heteroatoms. The summed E-state index contributed by atoms with van der Waals surface area (Å²) in [6.45, 7) is -0.0895. The second-order valence-corrected chi connectivity index (χ2v) is 7.81. The number of esters is 1. The highest BCUT2D eigenvalue weighted by Gasteiger charge is 2.52. The quantitative estimate of drug-likeness (QED) is 0.344. The number of phenolic OH excluding ortho intramolecular Hbond substituents is 1. The van der Waals surface area contributed by atoms with Crippen molar-refractivity contribution in [3.05, 3.63) is 65.7 Å². The molecule has 0 aliphatic heterocycles. The lowest BCUT2D eigenvalue weighted by atomic mass is 9.79. The molecule has 1 aliphatic rings. The van der Waals surface area contributed by atoms with Crippen molar-refractivity contribution in [3.8, 4) is 11.5 Å². The number of benzene rings is 2. The molecule has 33 heavy (non-hydrogen) atoms.